The lowest BCUT2D eigenvalue weighted by atomic mass is 9.80. The summed E-state index contributed by atoms with van der Waals surface area (Å²) in [4.78, 5) is 36.0. The van der Waals surface area contributed by atoms with Crippen LogP contribution in [0.15, 0.2) is 0 Å². The minimum absolute atomic E-state index is 0.156. The highest BCUT2D eigenvalue weighted by molar-refractivity contribution is 7.90. The predicted molar refractivity (Wildman–Crippen MR) is 125 cm³/mol. The Labute approximate surface area is 201 Å². The first-order chi connectivity index (χ1) is 16.0. The highest BCUT2D eigenvalue weighted by Crippen LogP contribution is 2.40. The molecule has 3 N–H and O–H groups in total. The first kappa shape index (κ1) is 24.4. The van der Waals surface area contributed by atoms with E-state index in [9.17, 15) is 18.0 Å². The summed E-state index contributed by atoms with van der Waals surface area (Å²) in [5.41, 5.74) is 5.85. The lowest BCUT2D eigenvalue weighted by molar-refractivity contribution is -0.142. The number of carbonyl (C=O) groups excluding carboxylic acids is 2. The van der Waals surface area contributed by atoms with E-state index in [4.69, 9.17) is 4.84 Å². The summed E-state index contributed by atoms with van der Waals surface area (Å²) in [6.07, 6.45) is 3.36. The fourth-order valence-electron chi connectivity index (χ4n) is 5.95. The summed E-state index contributed by atoms with van der Waals surface area (Å²) < 4.78 is 29.1. The van der Waals surface area contributed by atoms with Crippen molar-refractivity contribution in [3.63, 3.8) is 0 Å². The second kappa shape index (κ2) is 8.97. The number of imide groups is 1. The van der Waals surface area contributed by atoms with E-state index in [0.29, 0.717) is 25.8 Å². The molecule has 0 aromatic rings. The van der Waals surface area contributed by atoms with Crippen molar-refractivity contribution >= 4 is 22.0 Å². The first-order valence-corrected chi connectivity index (χ1v) is 14.1. The van der Waals surface area contributed by atoms with Gasteiger partial charge in [-0.1, -0.05) is 0 Å². The van der Waals surface area contributed by atoms with Crippen LogP contribution in [-0.2, 0) is 19.7 Å². The maximum absolute atomic E-state index is 13.6. The Morgan fingerprint density at radius 1 is 1.18 bits per heavy atom. The van der Waals surface area contributed by atoms with Gasteiger partial charge in [-0.05, 0) is 52.4 Å². The van der Waals surface area contributed by atoms with Crippen molar-refractivity contribution in [1.82, 2.24) is 30.4 Å². The van der Waals surface area contributed by atoms with Crippen molar-refractivity contribution in [2.75, 3.05) is 33.2 Å². The van der Waals surface area contributed by atoms with Gasteiger partial charge in [0.15, 0.2) is 0 Å². The third-order valence-corrected chi connectivity index (χ3v) is 10.2. The van der Waals surface area contributed by atoms with Gasteiger partial charge in [-0.25, -0.2) is 22.9 Å². The lowest BCUT2D eigenvalue weighted by Gasteiger charge is -2.49. The average Bonchev–Trinajstić information content (AvgIpc) is 3.14. The second-order valence-corrected chi connectivity index (χ2v) is 13.3. The summed E-state index contributed by atoms with van der Waals surface area (Å²) in [5, 5.41) is 1.41. The molecule has 3 heterocycles. The van der Waals surface area contributed by atoms with E-state index in [1.165, 1.54) is 4.90 Å². The Kier molecular flexibility index (Phi) is 6.43. The standard InChI is InChI=1S/C22H38N6O5S/c1-14-8-16(33-24-14)13-28-20(29)18-9-17(34(31,32)25-22(2)6-7-22)4-5-19(18)27(21(28)30)12-15-10-23-26(3)11-15/h14-19,23-25H,4-13H2,1-3H3. The molecule has 3 saturated heterocycles. The van der Waals surface area contributed by atoms with Gasteiger partial charge in [0.25, 0.3) is 0 Å². The van der Waals surface area contributed by atoms with E-state index in [-0.39, 0.29) is 54.5 Å². The van der Waals surface area contributed by atoms with Crippen molar-refractivity contribution in [3.8, 4) is 0 Å². The van der Waals surface area contributed by atoms with Crippen LogP contribution in [0.5, 0.6) is 0 Å². The van der Waals surface area contributed by atoms with E-state index in [1.807, 2.05) is 30.8 Å². The van der Waals surface area contributed by atoms with E-state index >= 15 is 0 Å². The molecule has 12 heteroatoms. The molecule has 0 bridgehead atoms. The highest BCUT2D eigenvalue weighted by Gasteiger charge is 2.53. The third-order valence-electron chi connectivity index (χ3n) is 8.13. The van der Waals surface area contributed by atoms with E-state index in [0.717, 1.165) is 25.9 Å². The third kappa shape index (κ3) is 4.85. The van der Waals surface area contributed by atoms with Gasteiger partial charge >= 0.3 is 6.03 Å². The summed E-state index contributed by atoms with van der Waals surface area (Å²) in [7, 11) is -1.56. The van der Waals surface area contributed by atoms with Crippen molar-refractivity contribution in [3.05, 3.63) is 0 Å². The Morgan fingerprint density at radius 2 is 1.94 bits per heavy atom. The number of sulfonamides is 1. The first-order valence-electron chi connectivity index (χ1n) is 12.6. The summed E-state index contributed by atoms with van der Waals surface area (Å²) >= 11 is 0. The maximum atomic E-state index is 13.6. The molecule has 6 atom stereocenters. The molecule has 5 rings (SSSR count). The van der Waals surface area contributed by atoms with Gasteiger partial charge in [-0.2, -0.15) is 5.48 Å². The number of carbonyl (C=O) groups is 2. The molecule has 5 fully saturated rings. The number of hydroxylamine groups is 1. The zero-order valence-electron chi connectivity index (χ0n) is 20.3. The second-order valence-electron chi connectivity index (χ2n) is 11.3. The predicted octanol–water partition coefficient (Wildman–Crippen LogP) is 0.00800. The van der Waals surface area contributed by atoms with Gasteiger partial charge in [0.1, 0.15) is 0 Å². The SMILES string of the molecule is CC1CC(CN2C(=O)C3CC(S(=O)(=O)NC4(C)CC4)CCC3N(CC3CNN(C)C3)C2=O)ON1. The molecule has 2 saturated carbocycles. The Morgan fingerprint density at radius 3 is 2.56 bits per heavy atom. The molecule has 5 aliphatic rings. The van der Waals surface area contributed by atoms with Gasteiger partial charge in [0, 0.05) is 50.2 Å². The molecule has 0 radical (unpaired) electrons. The van der Waals surface area contributed by atoms with Crippen LogP contribution in [0.3, 0.4) is 0 Å². The van der Waals surface area contributed by atoms with Gasteiger partial charge in [0.2, 0.25) is 15.9 Å². The van der Waals surface area contributed by atoms with Crippen molar-refractivity contribution in [1.29, 1.82) is 0 Å². The molecule has 2 aliphatic carbocycles. The van der Waals surface area contributed by atoms with E-state index < -0.39 is 21.2 Å². The van der Waals surface area contributed by atoms with Gasteiger partial charge in [-0.3, -0.25) is 20.0 Å². The Hall–Kier alpha value is -1.31. The van der Waals surface area contributed by atoms with Gasteiger partial charge < -0.3 is 4.90 Å². The molecule has 0 spiro atoms. The van der Waals surface area contributed by atoms with Crippen LogP contribution in [0.2, 0.25) is 0 Å². The van der Waals surface area contributed by atoms with E-state index in [1.54, 1.807) is 0 Å². The van der Waals surface area contributed by atoms with Crippen LogP contribution in [0, 0.1) is 11.8 Å². The quantitative estimate of drug-likeness (QED) is 0.449. The smallest absolute Gasteiger partial charge is 0.320 e. The number of fused-ring (bicyclic) bond motifs is 1. The highest BCUT2D eigenvalue weighted by atomic mass is 32.2. The number of nitrogens with zero attached hydrogens (tertiary/aromatic N) is 3. The number of hydrazine groups is 1. The summed E-state index contributed by atoms with van der Waals surface area (Å²) in [6.45, 7) is 6.25. The van der Waals surface area contributed by atoms with Crippen LogP contribution < -0.4 is 15.6 Å². The fourth-order valence-corrected chi connectivity index (χ4v) is 7.91. The monoisotopic (exact) mass is 498 g/mol. The minimum Gasteiger partial charge on any atom is -0.320 e. The topological polar surface area (TPSA) is 123 Å². The number of hydrogen-bond acceptors (Lipinski definition) is 8. The van der Waals surface area contributed by atoms with Crippen LogP contribution in [0.25, 0.3) is 0 Å². The molecule has 3 aliphatic heterocycles. The average molecular weight is 499 g/mol. The van der Waals surface area contributed by atoms with Gasteiger partial charge in [-0.15, -0.1) is 0 Å². The summed E-state index contributed by atoms with van der Waals surface area (Å²) in [5.74, 6) is -0.514. The largest absolute Gasteiger partial charge is 0.327 e. The number of hydrogen-bond donors (Lipinski definition) is 3. The Balaban J connectivity index is 1.36. The van der Waals surface area contributed by atoms with Crippen molar-refractivity contribution < 1.29 is 22.8 Å². The number of urea groups is 1. The van der Waals surface area contributed by atoms with Crippen LogP contribution in [-0.4, -0.2) is 97.4 Å². The summed E-state index contributed by atoms with van der Waals surface area (Å²) in [6, 6.07) is -0.372. The molecule has 3 amide bonds. The van der Waals surface area contributed by atoms with Crippen LogP contribution in [0.4, 0.5) is 4.79 Å². The van der Waals surface area contributed by atoms with Crippen LogP contribution >= 0.6 is 0 Å². The van der Waals surface area contributed by atoms with Crippen molar-refractivity contribution in [2.45, 2.75) is 81.3 Å². The molecular weight excluding hydrogens is 460 g/mol. The molecule has 11 nitrogen and oxygen atoms in total. The van der Waals surface area contributed by atoms with E-state index in [2.05, 4.69) is 15.6 Å². The number of amides is 3. The van der Waals surface area contributed by atoms with Gasteiger partial charge in [0.05, 0.1) is 23.8 Å². The lowest BCUT2D eigenvalue weighted by Crippen LogP contribution is -2.65. The molecule has 6 unspecified atom stereocenters. The van der Waals surface area contributed by atoms with Crippen LogP contribution in [0.1, 0.15) is 52.4 Å². The normalized spacial score (nSPS) is 38.4. The van der Waals surface area contributed by atoms with Crippen molar-refractivity contribution in [2.24, 2.45) is 11.8 Å². The zero-order chi connectivity index (χ0) is 24.3. The minimum atomic E-state index is -3.54. The molecule has 34 heavy (non-hydrogen) atoms. The maximum Gasteiger partial charge on any atom is 0.327 e. The molecular formula is C22H38N6O5S. The zero-order valence-corrected chi connectivity index (χ0v) is 21.1. The molecule has 0 aromatic heterocycles. The number of nitrogens with one attached hydrogen (secondary N) is 3. The molecule has 192 valence electrons. The Bertz CT molecular complexity index is 927. The number of rotatable bonds is 7. The molecule has 0 aromatic carbocycles. The fraction of sp³-hybridized carbons (Fsp3) is 0.909.